The van der Waals surface area contributed by atoms with E-state index in [0.29, 0.717) is 12.1 Å². The van der Waals surface area contributed by atoms with Crippen molar-refractivity contribution in [2.75, 3.05) is 26.3 Å². The van der Waals surface area contributed by atoms with E-state index in [2.05, 4.69) is 24.1 Å². The molecule has 100 valence electrons. The van der Waals surface area contributed by atoms with Gasteiger partial charge < -0.3 is 10.1 Å². The van der Waals surface area contributed by atoms with Gasteiger partial charge in [0.2, 0.25) is 0 Å². The third-order valence-corrected chi connectivity index (χ3v) is 4.30. The minimum atomic E-state index is 0.613. The highest BCUT2D eigenvalue weighted by molar-refractivity contribution is 4.89. The first-order valence-electron chi connectivity index (χ1n) is 7.39. The first kappa shape index (κ1) is 13.3. The normalized spacial score (nSPS) is 33.5. The molecule has 2 aliphatic heterocycles. The fourth-order valence-corrected chi connectivity index (χ4v) is 3.41. The molecule has 0 aromatic carbocycles. The van der Waals surface area contributed by atoms with E-state index in [-0.39, 0.29) is 0 Å². The monoisotopic (exact) mass is 240 g/mol. The van der Waals surface area contributed by atoms with Crippen molar-refractivity contribution in [3.8, 4) is 0 Å². The second-order valence-electron chi connectivity index (χ2n) is 5.52. The van der Waals surface area contributed by atoms with E-state index in [1.165, 1.54) is 38.6 Å². The lowest BCUT2D eigenvalue weighted by Gasteiger charge is -2.45. The summed E-state index contributed by atoms with van der Waals surface area (Å²) in [5.74, 6) is 0. The molecule has 2 fully saturated rings. The van der Waals surface area contributed by atoms with Crippen molar-refractivity contribution in [3.63, 3.8) is 0 Å². The molecule has 0 aromatic rings. The molecule has 3 unspecified atom stereocenters. The van der Waals surface area contributed by atoms with E-state index in [1.807, 2.05) is 0 Å². The Morgan fingerprint density at radius 2 is 2.18 bits per heavy atom. The standard InChI is InChI=1S/C14H28N2O/c1-3-15-12(2)14-8-4-5-9-16(14)13-7-6-10-17-11-13/h12-15H,3-11H2,1-2H3. The van der Waals surface area contributed by atoms with E-state index in [9.17, 15) is 0 Å². The molecule has 1 N–H and O–H groups in total. The van der Waals surface area contributed by atoms with Gasteiger partial charge in [0.05, 0.1) is 6.61 Å². The number of ether oxygens (including phenoxy) is 1. The van der Waals surface area contributed by atoms with E-state index in [4.69, 9.17) is 4.74 Å². The summed E-state index contributed by atoms with van der Waals surface area (Å²) in [7, 11) is 0. The summed E-state index contributed by atoms with van der Waals surface area (Å²) in [6.07, 6.45) is 6.68. The SMILES string of the molecule is CCNC(C)C1CCCCN1C1CCCOC1. The number of hydrogen-bond donors (Lipinski definition) is 1. The number of likely N-dealkylation sites (tertiary alicyclic amines) is 1. The molecule has 3 atom stereocenters. The number of likely N-dealkylation sites (N-methyl/N-ethyl adjacent to an activating group) is 1. The van der Waals surface area contributed by atoms with Gasteiger partial charge in [0.1, 0.15) is 0 Å². The predicted molar refractivity (Wildman–Crippen MR) is 71.3 cm³/mol. The van der Waals surface area contributed by atoms with Crippen molar-refractivity contribution in [2.24, 2.45) is 0 Å². The molecule has 2 heterocycles. The predicted octanol–water partition coefficient (Wildman–Crippen LogP) is 2.02. The first-order chi connectivity index (χ1) is 8.33. The maximum atomic E-state index is 5.66. The van der Waals surface area contributed by atoms with Crippen LogP contribution in [0, 0.1) is 0 Å². The molecule has 2 saturated heterocycles. The zero-order chi connectivity index (χ0) is 12.1. The van der Waals surface area contributed by atoms with Crippen LogP contribution in [0.1, 0.15) is 46.0 Å². The Morgan fingerprint density at radius 1 is 1.29 bits per heavy atom. The lowest BCUT2D eigenvalue weighted by atomic mass is 9.93. The van der Waals surface area contributed by atoms with Gasteiger partial charge in [-0.2, -0.15) is 0 Å². The Balaban J connectivity index is 1.95. The molecule has 2 rings (SSSR count). The molecule has 17 heavy (non-hydrogen) atoms. The molecule has 3 heteroatoms. The lowest BCUT2D eigenvalue weighted by Crippen LogP contribution is -2.56. The number of nitrogens with zero attached hydrogens (tertiary/aromatic N) is 1. The van der Waals surface area contributed by atoms with Crippen LogP contribution in [0.2, 0.25) is 0 Å². The second kappa shape index (κ2) is 6.72. The highest BCUT2D eigenvalue weighted by Gasteiger charge is 2.32. The number of nitrogens with one attached hydrogen (secondary N) is 1. The highest BCUT2D eigenvalue weighted by atomic mass is 16.5. The van der Waals surface area contributed by atoms with Gasteiger partial charge in [-0.15, -0.1) is 0 Å². The maximum absolute atomic E-state index is 5.66. The summed E-state index contributed by atoms with van der Waals surface area (Å²) >= 11 is 0. The van der Waals surface area contributed by atoms with Gasteiger partial charge in [-0.05, 0) is 45.7 Å². The van der Waals surface area contributed by atoms with E-state index in [0.717, 1.165) is 25.8 Å². The maximum Gasteiger partial charge on any atom is 0.0621 e. The average Bonchev–Trinajstić information content (AvgIpc) is 2.40. The molecule has 0 bridgehead atoms. The second-order valence-corrected chi connectivity index (χ2v) is 5.52. The van der Waals surface area contributed by atoms with Crippen molar-refractivity contribution in [1.82, 2.24) is 10.2 Å². The van der Waals surface area contributed by atoms with Crippen LogP contribution in [0.5, 0.6) is 0 Å². The topological polar surface area (TPSA) is 24.5 Å². The zero-order valence-corrected chi connectivity index (χ0v) is 11.5. The molecule has 2 aliphatic rings. The van der Waals surface area contributed by atoms with E-state index in [1.54, 1.807) is 0 Å². The largest absolute Gasteiger partial charge is 0.380 e. The van der Waals surface area contributed by atoms with Crippen LogP contribution >= 0.6 is 0 Å². The molecule has 0 saturated carbocycles. The van der Waals surface area contributed by atoms with Gasteiger partial charge in [0, 0.05) is 24.7 Å². The number of hydrogen-bond acceptors (Lipinski definition) is 3. The summed E-state index contributed by atoms with van der Waals surface area (Å²) in [6.45, 7) is 8.82. The average molecular weight is 240 g/mol. The van der Waals surface area contributed by atoms with Crippen LogP contribution in [0.3, 0.4) is 0 Å². The van der Waals surface area contributed by atoms with Crippen LogP contribution in [-0.2, 0) is 4.74 Å². The van der Waals surface area contributed by atoms with Gasteiger partial charge in [-0.3, -0.25) is 4.90 Å². The molecular weight excluding hydrogens is 212 g/mol. The van der Waals surface area contributed by atoms with Crippen LogP contribution in [-0.4, -0.2) is 49.3 Å². The van der Waals surface area contributed by atoms with Gasteiger partial charge in [-0.25, -0.2) is 0 Å². The Morgan fingerprint density at radius 3 is 2.88 bits per heavy atom. The number of piperidine rings is 1. The molecule has 0 radical (unpaired) electrons. The van der Waals surface area contributed by atoms with Gasteiger partial charge in [-0.1, -0.05) is 13.3 Å². The highest BCUT2D eigenvalue weighted by Crippen LogP contribution is 2.25. The fraction of sp³-hybridized carbons (Fsp3) is 1.00. The van der Waals surface area contributed by atoms with Crippen LogP contribution in [0.25, 0.3) is 0 Å². The van der Waals surface area contributed by atoms with Gasteiger partial charge in [0.25, 0.3) is 0 Å². The summed E-state index contributed by atoms with van der Waals surface area (Å²) in [5, 5.41) is 3.60. The summed E-state index contributed by atoms with van der Waals surface area (Å²) in [5.41, 5.74) is 0. The Labute approximate surface area is 106 Å². The van der Waals surface area contributed by atoms with Crippen LogP contribution < -0.4 is 5.32 Å². The van der Waals surface area contributed by atoms with E-state index >= 15 is 0 Å². The minimum Gasteiger partial charge on any atom is -0.380 e. The van der Waals surface area contributed by atoms with Crippen LogP contribution in [0.4, 0.5) is 0 Å². The third-order valence-electron chi connectivity index (χ3n) is 4.30. The Hall–Kier alpha value is -0.120. The van der Waals surface area contributed by atoms with Crippen molar-refractivity contribution in [3.05, 3.63) is 0 Å². The first-order valence-corrected chi connectivity index (χ1v) is 7.39. The van der Waals surface area contributed by atoms with Crippen molar-refractivity contribution in [2.45, 2.75) is 64.1 Å². The van der Waals surface area contributed by atoms with Crippen molar-refractivity contribution in [1.29, 1.82) is 0 Å². The summed E-state index contributed by atoms with van der Waals surface area (Å²) < 4.78 is 5.66. The fourth-order valence-electron chi connectivity index (χ4n) is 3.41. The van der Waals surface area contributed by atoms with Crippen molar-refractivity contribution >= 4 is 0 Å². The zero-order valence-electron chi connectivity index (χ0n) is 11.5. The smallest absolute Gasteiger partial charge is 0.0621 e. The third kappa shape index (κ3) is 3.43. The Bertz CT molecular complexity index is 216. The number of rotatable bonds is 4. The summed E-state index contributed by atoms with van der Waals surface area (Å²) in [6, 6.07) is 2.01. The molecule has 0 aliphatic carbocycles. The Kier molecular flexibility index (Phi) is 5.26. The molecule has 0 spiro atoms. The van der Waals surface area contributed by atoms with Gasteiger partial charge >= 0.3 is 0 Å². The minimum absolute atomic E-state index is 0.613. The van der Waals surface area contributed by atoms with Crippen molar-refractivity contribution < 1.29 is 4.74 Å². The molecule has 3 nitrogen and oxygen atoms in total. The molecule has 0 aromatic heterocycles. The summed E-state index contributed by atoms with van der Waals surface area (Å²) in [4.78, 5) is 2.73. The quantitative estimate of drug-likeness (QED) is 0.813. The van der Waals surface area contributed by atoms with Gasteiger partial charge in [0.15, 0.2) is 0 Å². The lowest BCUT2D eigenvalue weighted by molar-refractivity contribution is -0.0183. The van der Waals surface area contributed by atoms with Crippen LogP contribution in [0.15, 0.2) is 0 Å². The molecule has 0 amide bonds. The van der Waals surface area contributed by atoms with E-state index < -0.39 is 0 Å². The molecular formula is C14H28N2O.